The second-order valence-corrected chi connectivity index (χ2v) is 2.47. The Balaban J connectivity index is -0.0000000800. The quantitative estimate of drug-likeness (QED) is 0.373. The molecule has 0 rings (SSSR count). The third kappa shape index (κ3) is 80.3. The third-order valence-corrected chi connectivity index (χ3v) is 0. The van der Waals surface area contributed by atoms with E-state index in [9.17, 15) is 0 Å². The van der Waals surface area contributed by atoms with Crippen LogP contribution in [0.25, 0.3) is 0 Å². The molecule has 0 amide bonds. The van der Waals surface area contributed by atoms with Crippen LogP contribution in [0.5, 0.6) is 0 Å². The van der Waals surface area contributed by atoms with Crippen molar-refractivity contribution in [1.82, 2.24) is 0 Å². The Morgan fingerprint density at radius 1 is 0.857 bits per heavy atom. The molecule has 0 saturated heterocycles. The summed E-state index contributed by atoms with van der Waals surface area (Å²) in [7, 11) is 0. The summed E-state index contributed by atoms with van der Waals surface area (Å²) in [5, 5.41) is 0. The van der Waals surface area contributed by atoms with Gasteiger partial charge in [0, 0.05) is 39.4 Å². The van der Waals surface area contributed by atoms with Gasteiger partial charge in [0.1, 0.15) is 0 Å². The molecule has 0 spiro atoms. The zero-order valence-electron chi connectivity index (χ0n) is 3.11. The molecule has 44 valence electrons. The van der Waals surface area contributed by atoms with E-state index in [1.54, 1.807) is 0 Å². The van der Waals surface area contributed by atoms with Crippen molar-refractivity contribution in [3.63, 3.8) is 0 Å². The minimum atomic E-state index is -5.00. The molecule has 0 unspecified atom stereocenters. The first-order valence-corrected chi connectivity index (χ1v) is 3.69. The molecule has 0 saturated carbocycles. The summed E-state index contributed by atoms with van der Waals surface area (Å²) < 4.78 is 29.5. The van der Waals surface area contributed by atoms with Gasteiger partial charge in [-0.1, -0.05) is 0 Å². The zero-order valence-corrected chi connectivity index (χ0v) is 8.05. The molecule has 4 N–H and O–H groups in total. The summed E-state index contributed by atoms with van der Waals surface area (Å²) in [6.45, 7) is 0. The minimum absolute atomic E-state index is 0. The molecule has 0 aromatic heterocycles. The molecule has 7 heteroatoms. The van der Waals surface area contributed by atoms with Crippen molar-refractivity contribution in [2.75, 3.05) is 0 Å². The van der Waals surface area contributed by atoms with Crippen LogP contribution in [0.3, 0.4) is 0 Å². The van der Waals surface area contributed by atoms with Gasteiger partial charge < -0.3 is 0 Å². The average Bonchev–Trinajstić information content (AvgIpc) is 0.722. The summed E-state index contributed by atoms with van der Waals surface area (Å²) in [6.07, 6.45) is 0. The Kier molecular flexibility index (Phi) is 13.5. The Morgan fingerprint density at radius 3 is 0.857 bits per heavy atom. The maximum atomic E-state index is 7.38. The van der Waals surface area contributed by atoms with E-state index in [1.165, 1.54) is 0 Å². The van der Waals surface area contributed by atoms with Gasteiger partial charge in [-0.05, 0) is 0 Å². The summed E-state index contributed by atoms with van der Waals surface area (Å²) in [5.74, 6) is 0. The molecule has 0 aliphatic carbocycles. The average molecular weight is 264 g/mol. The number of hydrogen-bond acceptors (Lipinski definition) is 4. The fourth-order valence-electron chi connectivity index (χ4n) is 0. The normalized spacial score (nSPS) is 8.57. The van der Waals surface area contributed by atoms with Gasteiger partial charge in [-0.3, -0.25) is 0 Å². The van der Waals surface area contributed by atoms with Crippen molar-refractivity contribution in [1.29, 1.82) is 0 Å². The van der Waals surface area contributed by atoms with Crippen molar-refractivity contribution in [2.45, 2.75) is 0 Å². The second-order valence-electron chi connectivity index (χ2n) is 0.600. The van der Waals surface area contributed by atoms with E-state index in [0.29, 0.717) is 0 Å². The topological polar surface area (TPSA) is 80.9 Å². The van der Waals surface area contributed by atoms with E-state index in [1.807, 2.05) is 0 Å². The van der Waals surface area contributed by atoms with E-state index in [0.717, 1.165) is 0 Å². The van der Waals surface area contributed by atoms with Gasteiger partial charge in [0.2, 0.25) is 0 Å². The van der Waals surface area contributed by atoms with Crippen LogP contribution in [-0.4, -0.2) is 14.8 Å². The zero-order chi connectivity index (χ0) is 4.50. The van der Waals surface area contributed by atoms with Crippen LogP contribution in [0.4, 0.5) is 0 Å². The van der Waals surface area contributed by atoms with Crippen molar-refractivity contribution in [2.24, 2.45) is 0 Å². The predicted molar refractivity (Wildman–Crippen MR) is 8.88 cm³/mol. The third-order valence-electron chi connectivity index (χ3n) is 0. The number of hydrogen-bond donors (Lipinski definition) is 4. The molecule has 0 bridgehead atoms. The molecule has 0 aliphatic rings. The van der Waals surface area contributed by atoms with Crippen LogP contribution < -0.4 is 0 Å². The Labute approximate surface area is 71.8 Å². The van der Waals surface area contributed by atoms with E-state index in [4.69, 9.17) is 14.8 Å². The van der Waals surface area contributed by atoms with Crippen molar-refractivity contribution in [3.8, 4) is 0 Å². The molecule has 0 fully saturated rings. The van der Waals surface area contributed by atoms with Crippen LogP contribution in [0.1, 0.15) is 0 Å². The molecule has 7 heavy (non-hydrogen) atoms. The van der Waals surface area contributed by atoms with Gasteiger partial charge in [0.25, 0.3) is 0 Å². The van der Waals surface area contributed by atoms with Crippen molar-refractivity contribution >= 4 is 0 Å². The Hall–Kier alpha value is 1.81. The fraction of sp³-hybridized carbons (Fsp3) is 0. The SMILES string of the molecule is [Mn].[Nb].[OH][Ti]([OH])([OH])[OH]. The van der Waals surface area contributed by atoms with Gasteiger partial charge in [-0.15, -0.1) is 0 Å². The monoisotopic (exact) mass is 264 g/mol. The molecule has 4 nitrogen and oxygen atoms in total. The Bertz CT molecular complexity index is 27.2. The van der Waals surface area contributed by atoms with E-state index in [2.05, 4.69) is 0 Å². The first-order chi connectivity index (χ1) is 2.00. The summed E-state index contributed by atoms with van der Waals surface area (Å²) in [6, 6.07) is 0. The first-order valence-electron chi connectivity index (χ1n) is 0.894. The summed E-state index contributed by atoms with van der Waals surface area (Å²) in [5.41, 5.74) is 0. The van der Waals surface area contributed by atoms with Crippen LogP contribution in [-0.2, 0) is 57.6 Å². The van der Waals surface area contributed by atoms with Crippen molar-refractivity contribution < 1.29 is 72.3 Å². The predicted octanol–water partition coefficient (Wildman–Crippen LogP) is -2.24. The standard InChI is InChI=1S/Mn.Nb.4H2O.Ti/h;;4*1H2;/q;;;;;;+4/p-4. The first kappa shape index (κ1) is 15.9. The molecular weight excluding hydrogens is 260 g/mol. The van der Waals surface area contributed by atoms with Crippen LogP contribution in [0.2, 0.25) is 0 Å². The van der Waals surface area contributed by atoms with Gasteiger partial charge in [-0.25, -0.2) is 0 Å². The molecule has 0 heterocycles. The summed E-state index contributed by atoms with van der Waals surface area (Å²) in [4.78, 5) is 0. The number of rotatable bonds is 0. The summed E-state index contributed by atoms with van der Waals surface area (Å²) >= 11 is -5.00. The van der Waals surface area contributed by atoms with Gasteiger partial charge in [-0.2, -0.15) is 0 Å². The van der Waals surface area contributed by atoms with Crippen molar-refractivity contribution in [3.05, 3.63) is 0 Å². The Morgan fingerprint density at radius 2 is 0.857 bits per heavy atom. The van der Waals surface area contributed by atoms with Gasteiger partial charge in [0.05, 0.1) is 0 Å². The molecule has 0 aliphatic heterocycles. The molecular formula is H4MnNbO4Ti. The van der Waals surface area contributed by atoms with Crippen LogP contribution >= 0.6 is 0 Å². The van der Waals surface area contributed by atoms with Crippen LogP contribution in [0.15, 0.2) is 0 Å². The maximum absolute atomic E-state index is 7.38. The molecule has 2 radical (unpaired) electrons. The van der Waals surface area contributed by atoms with E-state index < -0.39 is 18.1 Å². The van der Waals surface area contributed by atoms with E-state index in [-0.39, 0.29) is 39.4 Å². The molecule has 0 aromatic rings. The van der Waals surface area contributed by atoms with Crippen LogP contribution in [0, 0.1) is 0 Å². The van der Waals surface area contributed by atoms with Gasteiger partial charge in [0.15, 0.2) is 0 Å². The fourth-order valence-corrected chi connectivity index (χ4v) is 0. The second kappa shape index (κ2) is 5.94. The van der Waals surface area contributed by atoms with Gasteiger partial charge >= 0.3 is 32.9 Å². The molecule has 0 atom stereocenters. The molecule has 0 aromatic carbocycles. The van der Waals surface area contributed by atoms with E-state index >= 15 is 0 Å².